The molecule has 0 saturated carbocycles. The van der Waals surface area contributed by atoms with Crippen LogP contribution in [0.3, 0.4) is 0 Å². The first kappa shape index (κ1) is 18.2. The highest BCUT2D eigenvalue weighted by Gasteiger charge is 2.31. The van der Waals surface area contributed by atoms with E-state index in [1.54, 1.807) is 72.8 Å². The summed E-state index contributed by atoms with van der Waals surface area (Å²) in [4.78, 5) is 0. The molecule has 0 heterocycles. The maximum atomic E-state index is 13.5. The molecule has 2 N–H and O–H groups in total. The summed E-state index contributed by atoms with van der Waals surface area (Å²) in [5, 5.41) is 18.7. The first-order valence-corrected chi connectivity index (χ1v) is 9.62. The lowest BCUT2D eigenvalue weighted by molar-refractivity contribution is 0.281. The van der Waals surface area contributed by atoms with Crippen LogP contribution in [0.25, 0.3) is 0 Å². The Morgan fingerprint density at radius 2 is 1.08 bits per heavy atom. The molecular formula is C20H19O5P. The van der Waals surface area contributed by atoms with Crippen molar-refractivity contribution in [1.29, 1.82) is 0 Å². The van der Waals surface area contributed by atoms with Gasteiger partial charge in [0.25, 0.3) is 0 Å². The molecule has 0 unspecified atom stereocenters. The van der Waals surface area contributed by atoms with Gasteiger partial charge in [-0.25, -0.2) is 4.57 Å². The van der Waals surface area contributed by atoms with Crippen molar-refractivity contribution >= 4 is 12.9 Å². The zero-order valence-electron chi connectivity index (χ0n) is 14.0. The fraction of sp³-hybridized carbons (Fsp3) is 0.100. The van der Waals surface area contributed by atoms with Crippen molar-refractivity contribution < 1.29 is 23.8 Å². The predicted octanol–water partition coefficient (Wildman–Crippen LogP) is 3.65. The number of aliphatic hydroxyl groups is 2. The first-order valence-electron chi connectivity index (χ1n) is 8.07. The van der Waals surface area contributed by atoms with Gasteiger partial charge in [-0.15, -0.1) is 0 Å². The minimum Gasteiger partial charge on any atom is -0.413 e. The van der Waals surface area contributed by atoms with Crippen LogP contribution in [0, 0.1) is 0 Å². The summed E-state index contributed by atoms with van der Waals surface area (Å²) in [6, 6.07) is 22.0. The van der Waals surface area contributed by atoms with Crippen molar-refractivity contribution in [3.05, 3.63) is 90.0 Å². The highest BCUT2D eigenvalue weighted by Crippen LogP contribution is 2.47. The lowest BCUT2D eigenvalue weighted by atomic mass is 10.2. The van der Waals surface area contributed by atoms with E-state index in [-0.39, 0.29) is 13.2 Å². The molecule has 5 nitrogen and oxygen atoms in total. The van der Waals surface area contributed by atoms with E-state index < -0.39 is 7.60 Å². The van der Waals surface area contributed by atoms with Gasteiger partial charge >= 0.3 is 7.60 Å². The highest BCUT2D eigenvalue weighted by molar-refractivity contribution is 7.63. The van der Waals surface area contributed by atoms with Crippen LogP contribution in [0.5, 0.6) is 11.5 Å². The third-order valence-corrected chi connectivity index (χ3v) is 5.57. The van der Waals surface area contributed by atoms with Crippen LogP contribution in [0.1, 0.15) is 11.1 Å². The summed E-state index contributed by atoms with van der Waals surface area (Å²) in [5.41, 5.74) is 1.46. The Morgan fingerprint density at radius 1 is 0.654 bits per heavy atom. The zero-order chi connectivity index (χ0) is 18.4. The van der Waals surface area contributed by atoms with Gasteiger partial charge in [0.15, 0.2) is 0 Å². The second-order valence-electron chi connectivity index (χ2n) is 5.62. The summed E-state index contributed by atoms with van der Waals surface area (Å²) >= 11 is 0. The van der Waals surface area contributed by atoms with E-state index in [0.29, 0.717) is 16.8 Å². The summed E-state index contributed by atoms with van der Waals surface area (Å²) in [6.45, 7) is -0.158. The van der Waals surface area contributed by atoms with Crippen LogP contribution in [-0.4, -0.2) is 10.2 Å². The largest absolute Gasteiger partial charge is 0.462 e. The maximum absolute atomic E-state index is 13.5. The zero-order valence-corrected chi connectivity index (χ0v) is 14.9. The molecule has 0 aliphatic rings. The number of benzene rings is 3. The van der Waals surface area contributed by atoms with Crippen molar-refractivity contribution in [2.24, 2.45) is 0 Å². The molecule has 134 valence electrons. The average Bonchev–Trinajstić information content (AvgIpc) is 2.70. The summed E-state index contributed by atoms with van der Waals surface area (Å²) in [7, 11) is -3.69. The Labute approximate surface area is 152 Å². The molecule has 0 bridgehead atoms. The maximum Gasteiger partial charge on any atom is 0.462 e. The molecule has 3 aromatic carbocycles. The monoisotopic (exact) mass is 370 g/mol. The van der Waals surface area contributed by atoms with E-state index in [4.69, 9.17) is 19.3 Å². The van der Waals surface area contributed by atoms with Crippen LogP contribution < -0.4 is 14.4 Å². The lowest BCUT2D eigenvalue weighted by Crippen LogP contribution is -2.14. The van der Waals surface area contributed by atoms with Gasteiger partial charge in [0.2, 0.25) is 0 Å². The van der Waals surface area contributed by atoms with Crippen LogP contribution in [-0.2, 0) is 17.8 Å². The molecule has 0 spiro atoms. The smallest absolute Gasteiger partial charge is 0.413 e. The molecule has 0 radical (unpaired) electrons. The van der Waals surface area contributed by atoms with E-state index in [1.807, 2.05) is 6.07 Å². The van der Waals surface area contributed by atoms with E-state index in [9.17, 15) is 4.57 Å². The normalized spacial score (nSPS) is 11.2. The fourth-order valence-electron chi connectivity index (χ4n) is 2.32. The Balaban J connectivity index is 1.91. The molecule has 6 heteroatoms. The van der Waals surface area contributed by atoms with Gasteiger partial charge in [0.1, 0.15) is 11.5 Å². The van der Waals surface area contributed by atoms with Gasteiger partial charge in [-0.3, -0.25) is 0 Å². The minimum atomic E-state index is -3.69. The van der Waals surface area contributed by atoms with Crippen LogP contribution >= 0.6 is 7.60 Å². The average molecular weight is 370 g/mol. The minimum absolute atomic E-state index is 0.0790. The Bertz CT molecular complexity index is 823. The first-order chi connectivity index (χ1) is 12.6. The van der Waals surface area contributed by atoms with Crippen molar-refractivity contribution in [2.45, 2.75) is 13.2 Å². The summed E-state index contributed by atoms with van der Waals surface area (Å²) in [6.07, 6.45) is 0. The Morgan fingerprint density at radius 3 is 1.46 bits per heavy atom. The predicted molar refractivity (Wildman–Crippen MR) is 99.7 cm³/mol. The van der Waals surface area contributed by atoms with Gasteiger partial charge in [0.05, 0.1) is 18.5 Å². The number of rotatable bonds is 7. The third-order valence-electron chi connectivity index (χ3n) is 3.74. The third kappa shape index (κ3) is 4.33. The molecule has 0 atom stereocenters. The molecule has 0 saturated heterocycles. The van der Waals surface area contributed by atoms with Crippen molar-refractivity contribution in [1.82, 2.24) is 0 Å². The number of hydrogen-bond donors (Lipinski definition) is 2. The standard InChI is InChI=1S/C20H19O5P/c21-14-16-6-10-18(11-7-16)24-26(23,20-4-2-1-3-5-20)25-19-12-8-17(15-22)9-13-19/h1-13,21-22H,14-15H2. The fourth-order valence-corrected chi connectivity index (χ4v) is 3.91. The van der Waals surface area contributed by atoms with Gasteiger partial charge < -0.3 is 19.3 Å². The van der Waals surface area contributed by atoms with E-state index in [2.05, 4.69) is 0 Å². The Kier molecular flexibility index (Phi) is 5.74. The second kappa shape index (κ2) is 8.19. The molecular weight excluding hydrogens is 351 g/mol. The van der Waals surface area contributed by atoms with Gasteiger partial charge in [-0.1, -0.05) is 42.5 Å². The van der Waals surface area contributed by atoms with E-state index in [1.165, 1.54) is 0 Å². The van der Waals surface area contributed by atoms with E-state index >= 15 is 0 Å². The highest BCUT2D eigenvalue weighted by atomic mass is 31.2. The molecule has 3 aromatic rings. The molecule has 26 heavy (non-hydrogen) atoms. The molecule has 0 aromatic heterocycles. The Hall–Kier alpha value is -2.59. The SMILES string of the molecule is O=P(Oc1ccc(CO)cc1)(Oc1ccc(CO)cc1)c1ccccc1. The van der Waals surface area contributed by atoms with Gasteiger partial charge in [-0.05, 0) is 47.5 Å². The van der Waals surface area contributed by atoms with Crippen molar-refractivity contribution in [3.8, 4) is 11.5 Å². The number of hydrogen-bond acceptors (Lipinski definition) is 5. The second-order valence-corrected chi connectivity index (χ2v) is 7.50. The van der Waals surface area contributed by atoms with Crippen molar-refractivity contribution in [2.75, 3.05) is 0 Å². The number of aliphatic hydroxyl groups excluding tert-OH is 2. The van der Waals surface area contributed by atoms with Crippen molar-refractivity contribution in [3.63, 3.8) is 0 Å². The quantitative estimate of drug-likeness (QED) is 0.621. The van der Waals surface area contributed by atoms with Crippen LogP contribution in [0.4, 0.5) is 0 Å². The molecule has 0 amide bonds. The van der Waals surface area contributed by atoms with Crippen LogP contribution in [0.2, 0.25) is 0 Å². The molecule has 0 fully saturated rings. The van der Waals surface area contributed by atoms with Gasteiger partial charge in [-0.2, -0.15) is 0 Å². The molecule has 0 aliphatic carbocycles. The molecule has 3 rings (SSSR count). The molecule has 0 aliphatic heterocycles. The summed E-state index contributed by atoms with van der Waals surface area (Å²) in [5.74, 6) is 0.753. The van der Waals surface area contributed by atoms with Crippen LogP contribution in [0.15, 0.2) is 78.9 Å². The summed E-state index contributed by atoms with van der Waals surface area (Å²) < 4.78 is 25.0. The topological polar surface area (TPSA) is 76.0 Å². The van der Waals surface area contributed by atoms with E-state index in [0.717, 1.165) is 11.1 Å². The lowest BCUT2D eigenvalue weighted by Gasteiger charge is -2.20. The van der Waals surface area contributed by atoms with Gasteiger partial charge in [0, 0.05) is 0 Å².